The minimum absolute atomic E-state index is 0.0500. The topological polar surface area (TPSA) is 99.0 Å². The Kier molecular flexibility index (Phi) is 6.89. The lowest BCUT2D eigenvalue weighted by Crippen LogP contribution is -2.55. The van der Waals surface area contributed by atoms with Gasteiger partial charge in [0.15, 0.2) is 0 Å². The van der Waals surface area contributed by atoms with E-state index in [9.17, 15) is 14.4 Å². The van der Waals surface area contributed by atoms with Crippen LogP contribution in [0.3, 0.4) is 0 Å². The SMILES string of the molecule is CCCN1C(=O)N(CC(=O)NCC(N)=O)C[C@]12CC[C@](c1ccccc1)(N(C)C)CC2. The molecule has 31 heavy (non-hydrogen) atoms. The van der Waals surface area contributed by atoms with Gasteiger partial charge < -0.3 is 20.9 Å². The van der Waals surface area contributed by atoms with Crippen LogP contribution >= 0.6 is 0 Å². The van der Waals surface area contributed by atoms with Crippen LogP contribution in [0.5, 0.6) is 0 Å². The summed E-state index contributed by atoms with van der Waals surface area (Å²) in [5.74, 6) is -0.957. The summed E-state index contributed by atoms with van der Waals surface area (Å²) in [7, 11) is 4.26. The number of amides is 4. The van der Waals surface area contributed by atoms with Crippen molar-refractivity contribution in [2.45, 2.75) is 50.1 Å². The van der Waals surface area contributed by atoms with Gasteiger partial charge in [-0.2, -0.15) is 0 Å². The fourth-order valence-electron chi connectivity index (χ4n) is 5.28. The van der Waals surface area contributed by atoms with Crippen molar-refractivity contribution in [1.29, 1.82) is 0 Å². The summed E-state index contributed by atoms with van der Waals surface area (Å²) in [5.41, 5.74) is 6.10. The Hall–Kier alpha value is -2.61. The van der Waals surface area contributed by atoms with E-state index in [0.29, 0.717) is 13.1 Å². The standard InChI is InChI=1S/C23H35N5O3/c1-4-14-28-21(31)27(16-20(30)25-15-19(24)29)17-22(28)10-12-23(13-11-22,26(2)3)18-8-6-5-7-9-18/h5-9H,4,10-17H2,1-3H3,(H2,24,29)(H,25,30)/t22-,23+. The van der Waals surface area contributed by atoms with E-state index in [1.165, 1.54) is 5.56 Å². The van der Waals surface area contributed by atoms with Gasteiger partial charge in [0.25, 0.3) is 0 Å². The van der Waals surface area contributed by atoms with Gasteiger partial charge in [-0.25, -0.2) is 4.79 Å². The van der Waals surface area contributed by atoms with Crippen LogP contribution in [0.15, 0.2) is 30.3 Å². The Morgan fingerprint density at radius 3 is 2.32 bits per heavy atom. The molecular weight excluding hydrogens is 394 g/mol. The number of rotatable bonds is 8. The predicted octanol–water partition coefficient (Wildman–Crippen LogP) is 1.51. The van der Waals surface area contributed by atoms with Gasteiger partial charge in [0.1, 0.15) is 6.54 Å². The summed E-state index contributed by atoms with van der Waals surface area (Å²) in [4.78, 5) is 42.3. The lowest BCUT2D eigenvalue weighted by molar-refractivity contribution is -0.125. The average molecular weight is 430 g/mol. The number of carbonyl (C=O) groups excluding carboxylic acids is 3. The highest BCUT2D eigenvalue weighted by Crippen LogP contribution is 2.48. The highest BCUT2D eigenvalue weighted by molar-refractivity contribution is 5.88. The smallest absolute Gasteiger partial charge is 0.321 e. The minimum Gasteiger partial charge on any atom is -0.368 e. The molecule has 1 spiro atoms. The molecule has 0 bridgehead atoms. The number of nitrogens with zero attached hydrogens (tertiary/aromatic N) is 3. The fourth-order valence-corrected chi connectivity index (χ4v) is 5.28. The molecule has 8 heteroatoms. The first kappa shape index (κ1) is 23.1. The van der Waals surface area contributed by atoms with Gasteiger partial charge in [-0.15, -0.1) is 0 Å². The average Bonchev–Trinajstić information content (AvgIpc) is 2.99. The maximum absolute atomic E-state index is 13.2. The molecule has 1 heterocycles. The number of nitrogens with two attached hydrogens (primary N) is 1. The van der Waals surface area contributed by atoms with E-state index < -0.39 is 5.91 Å². The summed E-state index contributed by atoms with van der Waals surface area (Å²) in [6, 6.07) is 10.5. The normalized spacial score (nSPS) is 26.0. The first-order chi connectivity index (χ1) is 14.7. The van der Waals surface area contributed by atoms with Crippen LogP contribution in [0.1, 0.15) is 44.6 Å². The molecule has 1 saturated heterocycles. The lowest BCUT2D eigenvalue weighted by atomic mass is 9.68. The molecule has 3 N–H and O–H groups in total. The van der Waals surface area contributed by atoms with Gasteiger partial charge in [0.05, 0.1) is 12.1 Å². The van der Waals surface area contributed by atoms with Crippen molar-refractivity contribution < 1.29 is 14.4 Å². The van der Waals surface area contributed by atoms with Crippen LogP contribution < -0.4 is 11.1 Å². The third kappa shape index (κ3) is 4.54. The second-order valence-corrected chi connectivity index (χ2v) is 9.05. The van der Waals surface area contributed by atoms with Gasteiger partial charge in [0, 0.05) is 18.6 Å². The molecule has 2 fully saturated rings. The number of benzene rings is 1. The number of hydrogen-bond donors (Lipinski definition) is 2. The number of primary amides is 1. The molecule has 0 unspecified atom stereocenters. The Morgan fingerprint density at radius 2 is 1.77 bits per heavy atom. The van der Waals surface area contributed by atoms with Crippen molar-refractivity contribution in [3.63, 3.8) is 0 Å². The first-order valence-corrected chi connectivity index (χ1v) is 11.1. The fraction of sp³-hybridized carbons (Fsp3) is 0.609. The van der Waals surface area contributed by atoms with E-state index in [1.54, 1.807) is 4.90 Å². The van der Waals surface area contributed by atoms with Gasteiger partial charge in [-0.1, -0.05) is 37.3 Å². The van der Waals surface area contributed by atoms with Gasteiger partial charge >= 0.3 is 6.03 Å². The van der Waals surface area contributed by atoms with Gasteiger partial charge in [-0.05, 0) is 51.8 Å². The highest BCUT2D eigenvalue weighted by Gasteiger charge is 2.54. The highest BCUT2D eigenvalue weighted by atomic mass is 16.2. The maximum Gasteiger partial charge on any atom is 0.321 e. The van der Waals surface area contributed by atoms with E-state index in [2.05, 4.69) is 55.5 Å². The predicted molar refractivity (Wildman–Crippen MR) is 119 cm³/mol. The molecule has 1 aliphatic heterocycles. The van der Waals surface area contributed by atoms with E-state index in [0.717, 1.165) is 32.1 Å². The Bertz CT molecular complexity index is 803. The third-order valence-electron chi connectivity index (χ3n) is 6.98. The van der Waals surface area contributed by atoms with Crippen LogP contribution in [0.2, 0.25) is 0 Å². The van der Waals surface area contributed by atoms with Crippen LogP contribution in [-0.2, 0) is 15.1 Å². The van der Waals surface area contributed by atoms with Gasteiger partial charge in [0.2, 0.25) is 11.8 Å². The number of nitrogens with one attached hydrogen (secondary N) is 1. The molecule has 1 saturated carbocycles. The van der Waals surface area contributed by atoms with Crippen LogP contribution in [-0.4, -0.2) is 78.4 Å². The van der Waals surface area contributed by atoms with Crippen LogP contribution in [0.4, 0.5) is 4.79 Å². The zero-order valence-corrected chi connectivity index (χ0v) is 18.9. The summed E-state index contributed by atoms with van der Waals surface area (Å²) in [6.07, 6.45) is 4.52. The Labute approximate surface area is 184 Å². The van der Waals surface area contributed by atoms with E-state index in [4.69, 9.17) is 5.73 Å². The van der Waals surface area contributed by atoms with E-state index in [-0.39, 0.29) is 36.1 Å². The van der Waals surface area contributed by atoms with Crippen molar-refractivity contribution in [2.24, 2.45) is 5.73 Å². The molecule has 1 aliphatic carbocycles. The summed E-state index contributed by atoms with van der Waals surface area (Å²) in [5, 5.41) is 2.48. The van der Waals surface area contributed by atoms with Crippen molar-refractivity contribution in [3.8, 4) is 0 Å². The van der Waals surface area contributed by atoms with Crippen molar-refractivity contribution in [2.75, 3.05) is 40.3 Å². The number of urea groups is 1. The summed E-state index contributed by atoms with van der Waals surface area (Å²) >= 11 is 0. The summed E-state index contributed by atoms with van der Waals surface area (Å²) < 4.78 is 0. The number of hydrogen-bond acceptors (Lipinski definition) is 4. The van der Waals surface area contributed by atoms with E-state index >= 15 is 0 Å². The second-order valence-electron chi connectivity index (χ2n) is 9.05. The minimum atomic E-state index is -0.599. The zero-order valence-electron chi connectivity index (χ0n) is 18.9. The van der Waals surface area contributed by atoms with E-state index in [1.807, 2.05) is 11.0 Å². The summed E-state index contributed by atoms with van der Waals surface area (Å²) in [6.45, 7) is 3.02. The zero-order chi connectivity index (χ0) is 22.6. The second kappa shape index (κ2) is 9.26. The molecule has 1 aromatic rings. The van der Waals surface area contributed by atoms with Gasteiger partial charge in [-0.3, -0.25) is 14.5 Å². The largest absolute Gasteiger partial charge is 0.368 e. The molecule has 8 nitrogen and oxygen atoms in total. The van der Waals surface area contributed by atoms with Crippen molar-refractivity contribution in [3.05, 3.63) is 35.9 Å². The molecule has 1 aromatic carbocycles. The molecule has 0 aromatic heterocycles. The molecule has 3 rings (SSSR count). The van der Waals surface area contributed by atoms with Crippen molar-refractivity contribution in [1.82, 2.24) is 20.0 Å². The number of carbonyl (C=O) groups is 3. The Balaban J connectivity index is 1.78. The third-order valence-corrected chi connectivity index (χ3v) is 6.98. The van der Waals surface area contributed by atoms with Crippen LogP contribution in [0.25, 0.3) is 0 Å². The molecule has 0 radical (unpaired) electrons. The maximum atomic E-state index is 13.2. The molecule has 2 aliphatic rings. The molecule has 0 atom stereocenters. The molecular formula is C23H35N5O3. The first-order valence-electron chi connectivity index (χ1n) is 11.1. The Morgan fingerprint density at radius 1 is 1.13 bits per heavy atom. The monoisotopic (exact) mass is 429 g/mol. The lowest BCUT2D eigenvalue weighted by Gasteiger charge is -2.51. The van der Waals surface area contributed by atoms with Crippen molar-refractivity contribution >= 4 is 17.8 Å². The van der Waals surface area contributed by atoms with Crippen LogP contribution in [0, 0.1) is 0 Å². The molecule has 4 amide bonds. The quantitative estimate of drug-likeness (QED) is 0.654. The molecule has 170 valence electrons.